The Kier molecular flexibility index (Phi) is 3.42. The molecule has 2 aromatic heterocycles. The fraction of sp³-hybridized carbons (Fsp3) is 0.636. The highest BCUT2D eigenvalue weighted by Crippen LogP contribution is 2.18. The second kappa shape index (κ2) is 4.85. The first-order valence-corrected chi connectivity index (χ1v) is 5.82. The van der Waals surface area contributed by atoms with Crippen molar-refractivity contribution in [1.82, 2.24) is 25.1 Å². The molecule has 0 amide bonds. The van der Waals surface area contributed by atoms with Crippen molar-refractivity contribution < 1.29 is 9.63 Å². The van der Waals surface area contributed by atoms with Gasteiger partial charge in [-0.1, -0.05) is 31.1 Å². The Morgan fingerprint density at radius 1 is 1.39 bits per heavy atom. The Morgan fingerprint density at radius 2 is 2.17 bits per heavy atom. The highest BCUT2D eigenvalue weighted by Gasteiger charge is 2.21. The third-order valence-electron chi connectivity index (χ3n) is 2.39. The maximum absolute atomic E-state index is 8.79. The van der Waals surface area contributed by atoms with Crippen LogP contribution < -0.4 is 0 Å². The quantitative estimate of drug-likeness (QED) is 0.853. The van der Waals surface area contributed by atoms with E-state index >= 15 is 0 Å². The number of aliphatic hydroxyl groups is 1. The molecular weight excluding hydrogens is 234 g/mol. The zero-order chi connectivity index (χ0) is 13.2. The first-order valence-electron chi connectivity index (χ1n) is 5.82. The molecule has 0 saturated carbocycles. The molecule has 7 nitrogen and oxygen atoms in total. The van der Waals surface area contributed by atoms with E-state index in [9.17, 15) is 0 Å². The summed E-state index contributed by atoms with van der Waals surface area (Å²) in [5, 5.41) is 20.6. The maximum Gasteiger partial charge on any atom is 0.248 e. The molecule has 0 aromatic carbocycles. The number of rotatable bonds is 4. The number of aliphatic hydroxyl groups excluding tert-OH is 1. The molecule has 1 N–H and O–H groups in total. The minimum absolute atomic E-state index is 0.0629. The standard InChI is InChI=1S/C11H17N5O2/c1-11(2,3)10-12-9(18-14-10)7-16-6-8(4-5-17)13-15-16/h6,17H,4-5,7H2,1-3H3. The largest absolute Gasteiger partial charge is 0.396 e. The van der Waals surface area contributed by atoms with Crippen molar-refractivity contribution in [3.05, 3.63) is 23.6 Å². The van der Waals surface area contributed by atoms with E-state index in [2.05, 4.69) is 20.5 Å². The molecule has 0 atom stereocenters. The Bertz CT molecular complexity index is 511. The summed E-state index contributed by atoms with van der Waals surface area (Å²) in [4.78, 5) is 4.32. The van der Waals surface area contributed by atoms with Crippen LogP contribution in [-0.4, -0.2) is 36.8 Å². The highest BCUT2D eigenvalue weighted by atomic mass is 16.5. The van der Waals surface area contributed by atoms with Crippen LogP contribution in [0, 0.1) is 0 Å². The molecule has 2 aromatic rings. The summed E-state index contributed by atoms with van der Waals surface area (Å²) in [6.45, 7) is 6.53. The van der Waals surface area contributed by atoms with Crippen LogP contribution in [-0.2, 0) is 18.4 Å². The smallest absolute Gasteiger partial charge is 0.248 e. The van der Waals surface area contributed by atoms with Gasteiger partial charge in [-0.05, 0) is 0 Å². The maximum atomic E-state index is 8.79. The van der Waals surface area contributed by atoms with Crippen molar-refractivity contribution in [2.75, 3.05) is 6.61 Å². The van der Waals surface area contributed by atoms with Crippen LogP contribution in [0.2, 0.25) is 0 Å². The van der Waals surface area contributed by atoms with Gasteiger partial charge in [-0.15, -0.1) is 5.10 Å². The minimum Gasteiger partial charge on any atom is -0.396 e. The van der Waals surface area contributed by atoms with Gasteiger partial charge in [0.15, 0.2) is 5.82 Å². The second-order valence-electron chi connectivity index (χ2n) is 5.14. The molecule has 0 saturated heterocycles. The van der Waals surface area contributed by atoms with Gasteiger partial charge in [0.2, 0.25) is 5.89 Å². The van der Waals surface area contributed by atoms with E-state index in [-0.39, 0.29) is 12.0 Å². The lowest BCUT2D eigenvalue weighted by molar-refractivity contribution is 0.298. The molecule has 0 bridgehead atoms. The van der Waals surface area contributed by atoms with Crippen molar-refractivity contribution in [2.24, 2.45) is 0 Å². The molecule has 0 aliphatic carbocycles. The van der Waals surface area contributed by atoms with E-state index in [1.165, 1.54) is 0 Å². The SMILES string of the molecule is CC(C)(C)c1noc(Cn2cc(CCO)nn2)n1. The summed E-state index contributed by atoms with van der Waals surface area (Å²) in [6, 6.07) is 0. The predicted molar refractivity (Wildman–Crippen MR) is 62.9 cm³/mol. The van der Waals surface area contributed by atoms with Crippen molar-refractivity contribution in [3.8, 4) is 0 Å². The Hall–Kier alpha value is -1.76. The normalized spacial score (nSPS) is 12.0. The van der Waals surface area contributed by atoms with Gasteiger partial charge in [0.05, 0.1) is 5.69 Å². The summed E-state index contributed by atoms with van der Waals surface area (Å²) >= 11 is 0. The molecule has 0 fully saturated rings. The van der Waals surface area contributed by atoms with Gasteiger partial charge < -0.3 is 9.63 Å². The van der Waals surface area contributed by atoms with Crippen LogP contribution >= 0.6 is 0 Å². The first-order chi connectivity index (χ1) is 8.49. The van der Waals surface area contributed by atoms with Crippen LogP contribution in [0.3, 0.4) is 0 Å². The van der Waals surface area contributed by atoms with Gasteiger partial charge in [-0.25, -0.2) is 4.68 Å². The van der Waals surface area contributed by atoms with Crippen LogP contribution in [0.5, 0.6) is 0 Å². The van der Waals surface area contributed by atoms with Crippen molar-refractivity contribution in [2.45, 2.75) is 39.2 Å². The van der Waals surface area contributed by atoms with Crippen molar-refractivity contribution in [3.63, 3.8) is 0 Å². The molecule has 2 rings (SSSR count). The molecular formula is C11H17N5O2. The molecule has 0 aliphatic heterocycles. The fourth-order valence-corrected chi connectivity index (χ4v) is 1.41. The predicted octanol–water partition coefficient (Wildman–Crippen LogP) is 0.542. The Morgan fingerprint density at radius 3 is 2.78 bits per heavy atom. The molecule has 0 radical (unpaired) electrons. The molecule has 98 valence electrons. The van der Waals surface area contributed by atoms with Crippen LogP contribution in [0.25, 0.3) is 0 Å². The average molecular weight is 251 g/mol. The number of nitrogens with zero attached hydrogens (tertiary/aromatic N) is 5. The van der Waals surface area contributed by atoms with E-state index in [0.717, 1.165) is 5.69 Å². The van der Waals surface area contributed by atoms with Gasteiger partial charge in [0.25, 0.3) is 0 Å². The molecule has 18 heavy (non-hydrogen) atoms. The van der Waals surface area contributed by atoms with E-state index in [4.69, 9.17) is 9.63 Å². The summed E-state index contributed by atoms with van der Waals surface area (Å²) in [7, 11) is 0. The lowest BCUT2D eigenvalue weighted by Gasteiger charge is -2.10. The summed E-state index contributed by atoms with van der Waals surface area (Å²) in [5.74, 6) is 1.17. The highest BCUT2D eigenvalue weighted by molar-refractivity contribution is 5.00. The van der Waals surface area contributed by atoms with Gasteiger partial charge in [-0.3, -0.25) is 0 Å². The molecule has 0 aliphatic rings. The first kappa shape index (κ1) is 12.7. The van der Waals surface area contributed by atoms with E-state index in [1.807, 2.05) is 20.8 Å². The van der Waals surface area contributed by atoms with Crippen LogP contribution in [0.4, 0.5) is 0 Å². The Balaban J connectivity index is 2.06. The van der Waals surface area contributed by atoms with E-state index in [0.29, 0.717) is 24.7 Å². The number of aromatic nitrogens is 5. The molecule has 0 spiro atoms. The zero-order valence-electron chi connectivity index (χ0n) is 10.8. The molecule has 0 unspecified atom stereocenters. The third kappa shape index (κ3) is 2.92. The molecule has 7 heteroatoms. The van der Waals surface area contributed by atoms with Gasteiger partial charge >= 0.3 is 0 Å². The van der Waals surface area contributed by atoms with E-state index in [1.54, 1.807) is 10.9 Å². The van der Waals surface area contributed by atoms with E-state index < -0.39 is 0 Å². The molecule has 2 heterocycles. The lowest BCUT2D eigenvalue weighted by atomic mass is 9.96. The van der Waals surface area contributed by atoms with Crippen LogP contribution in [0.15, 0.2) is 10.7 Å². The van der Waals surface area contributed by atoms with Gasteiger partial charge in [0, 0.05) is 24.6 Å². The second-order valence-corrected chi connectivity index (χ2v) is 5.14. The monoisotopic (exact) mass is 251 g/mol. The number of hydrogen-bond acceptors (Lipinski definition) is 6. The zero-order valence-corrected chi connectivity index (χ0v) is 10.8. The lowest BCUT2D eigenvalue weighted by Crippen LogP contribution is -2.13. The average Bonchev–Trinajstić information content (AvgIpc) is 2.88. The third-order valence-corrected chi connectivity index (χ3v) is 2.39. The van der Waals surface area contributed by atoms with Gasteiger partial charge in [0.1, 0.15) is 6.54 Å². The van der Waals surface area contributed by atoms with Crippen molar-refractivity contribution >= 4 is 0 Å². The van der Waals surface area contributed by atoms with Crippen LogP contribution in [0.1, 0.15) is 38.2 Å². The minimum atomic E-state index is -0.133. The summed E-state index contributed by atoms with van der Waals surface area (Å²) < 4.78 is 6.78. The van der Waals surface area contributed by atoms with Crippen molar-refractivity contribution in [1.29, 1.82) is 0 Å². The summed E-state index contributed by atoms with van der Waals surface area (Å²) in [5.41, 5.74) is 0.611. The Labute approximate surface area is 105 Å². The topological polar surface area (TPSA) is 89.9 Å². The number of hydrogen-bond donors (Lipinski definition) is 1. The summed E-state index contributed by atoms with van der Waals surface area (Å²) in [6.07, 6.45) is 2.26. The fourth-order valence-electron chi connectivity index (χ4n) is 1.41. The van der Waals surface area contributed by atoms with Gasteiger partial charge in [-0.2, -0.15) is 4.98 Å².